The van der Waals surface area contributed by atoms with Crippen LogP contribution in [0.3, 0.4) is 0 Å². The third-order valence-corrected chi connectivity index (χ3v) is 3.22. The summed E-state index contributed by atoms with van der Waals surface area (Å²) in [6.45, 7) is 0. The summed E-state index contributed by atoms with van der Waals surface area (Å²) in [5.74, 6) is 0. The van der Waals surface area contributed by atoms with E-state index in [1.54, 1.807) is 35.0 Å². The molecule has 0 amide bonds. The number of hydrogen-bond acceptors (Lipinski definition) is 3. The van der Waals surface area contributed by atoms with Crippen LogP contribution in [0.4, 0.5) is 5.69 Å². The fourth-order valence-electron chi connectivity index (χ4n) is 2.36. The molecule has 0 radical (unpaired) electrons. The maximum absolute atomic E-state index is 11.2. The molecule has 0 fully saturated rings. The van der Waals surface area contributed by atoms with Gasteiger partial charge < -0.3 is 4.57 Å². The summed E-state index contributed by atoms with van der Waals surface area (Å²) >= 11 is 0. The maximum Gasteiger partial charge on any atom is 0.279 e. The van der Waals surface area contributed by atoms with Gasteiger partial charge in [0.1, 0.15) is 0 Å². The average Bonchev–Trinajstić information content (AvgIpc) is 2.94. The molecule has 0 spiro atoms. The van der Waals surface area contributed by atoms with Gasteiger partial charge in [-0.1, -0.05) is 24.3 Å². The first kappa shape index (κ1) is 12.1. The van der Waals surface area contributed by atoms with Gasteiger partial charge in [-0.3, -0.25) is 14.9 Å². The number of nitro benzene ring substituents is 1. The van der Waals surface area contributed by atoms with Gasteiger partial charge >= 0.3 is 0 Å². The quantitative estimate of drug-likeness (QED) is 0.415. The van der Waals surface area contributed by atoms with Crippen LogP contribution in [0, 0.1) is 10.1 Å². The van der Waals surface area contributed by atoms with Gasteiger partial charge in [-0.25, -0.2) is 0 Å². The van der Waals surface area contributed by atoms with Gasteiger partial charge in [0, 0.05) is 12.3 Å². The molecule has 0 aliphatic rings. The van der Waals surface area contributed by atoms with E-state index in [0.29, 0.717) is 16.8 Å². The molecule has 0 unspecified atom stereocenters. The Kier molecular flexibility index (Phi) is 2.80. The zero-order valence-electron chi connectivity index (χ0n) is 10.4. The summed E-state index contributed by atoms with van der Waals surface area (Å²) in [6.07, 6.45) is 2.45. The second-order valence-electron chi connectivity index (χ2n) is 4.33. The summed E-state index contributed by atoms with van der Waals surface area (Å²) < 4.78 is 1.66. The zero-order valence-corrected chi connectivity index (χ0v) is 10.4. The molecule has 0 aliphatic heterocycles. The minimum absolute atomic E-state index is 0.0312. The number of nitro groups is 1. The van der Waals surface area contributed by atoms with Crippen molar-refractivity contribution in [1.29, 1.82) is 0 Å². The number of aldehydes is 1. The number of carbonyl (C=O) groups excluding carboxylic acids is 1. The van der Waals surface area contributed by atoms with Crippen LogP contribution < -0.4 is 0 Å². The van der Waals surface area contributed by atoms with Gasteiger partial charge in [0.25, 0.3) is 5.69 Å². The van der Waals surface area contributed by atoms with Crippen LogP contribution in [0.2, 0.25) is 0 Å². The Bertz CT molecular complexity index is 816. The summed E-state index contributed by atoms with van der Waals surface area (Å²) in [5.41, 5.74) is 1.11. The smallest absolute Gasteiger partial charge is 0.279 e. The van der Waals surface area contributed by atoms with E-state index in [0.717, 1.165) is 11.7 Å². The number of fused-ring (bicyclic) bond motifs is 1. The molecule has 5 nitrogen and oxygen atoms in total. The van der Waals surface area contributed by atoms with E-state index >= 15 is 0 Å². The number of non-ortho nitro benzene ring substituents is 1. The van der Waals surface area contributed by atoms with Crippen molar-refractivity contribution in [3.63, 3.8) is 0 Å². The number of benzene rings is 2. The van der Waals surface area contributed by atoms with E-state index in [1.807, 2.05) is 18.2 Å². The number of carbonyl (C=O) groups is 1. The maximum atomic E-state index is 11.2. The molecule has 0 saturated heterocycles. The van der Waals surface area contributed by atoms with Gasteiger partial charge in [0.2, 0.25) is 0 Å². The summed E-state index contributed by atoms with van der Waals surface area (Å²) in [4.78, 5) is 21.9. The molecule has 5 heteroatoms. The lowest BCUT2D eigenvalue weighted by atomic mass is 10.1. The van der Waals surface area contributed by atoms with Crippen molar-refractivity contribution in [1.82, 2.24) is 4.57 Å². The Morgan fingerprint density at radius 1 is 1.05 bits per heavy atom. The minimum Gasteiger partial charge on any atom is -0.313 e. The largest absolute Gasteiger partial charge is 0.313 e. The molecular formula is C15H10N2O3. The standard InChI is InChI=1S/C15H10N2O3/c18-10-12-6-3-9-16(12)13-7-1-4-11-5-2-8-14(15(11)13)17(19)20/h1-10H. The Morgan fingerprint density at radius 2 is 1.80 bits per heavy atom. The lowest BCUT2D eigenvalue weighted by Gasteiger charge is -2.09. The van der Waals surface area contributed by atoms with E-state index < -0.39 is 4.92 Å². The Morgan fingerprint density at radius 3 is 2.50 bits per heavy atom. The van der Waals surface area contributed by atoms with Crippen LogP contribution in [-0.2, 0) is 0 Å². The van der Waals surface area contributed by atoms with Crippen molar-refractivity contribution in [2.45, 2.75) is 0 Å². The molecular weight excluding hydrogens is 256 g/mol. The highest BCUT2D eigenvalue weighted by Crippen LogP contribution is 2.31. The predicted octanol–water partition coefficient (Wildman–Crippen LogP) is 3.35. The van der Waals surface area contributed by atoms with Crippen LogP contribution in [0.1, 0.15) is 10.5 Å². The topological polar surface area (TPSA) is 65.1 Å². The molecule has 0 N–H and O–H groups in total. The Hall–Kier alpha value is -2.95. The zero-order chi connectivity index (χ0) is 14.1. The summed E-state index contributed by atoms with van der Waals surface area (Å²) in [5, 5.41) is 12.5. The highest BCUT2D eigenvalue weighted by atomic mass is 16.6. The molecule has 20 heavy (non-hydrogen) atoms. The van der Waals surface area contributed by atoms with Crippen molar-refractivity contribution in [3.05, 3.63) is 70.5 Å². The molecule has 0 saturated carbocycles. The lowest BCUT2D eigenvalue weighted by Crippen LogP contribution is -2.00. The highest BCUT2D eigenvalue weighted by Gasteiger charge is 2.16. The van der Waals surface area contributed by atoms with Crippen molar-refractivity contribution >= 4 is 22.7 Å². The van der Waals surface area contributed by atoms with Crippen LogP contribution in [0.15, 0.2) is 54.7 Å². The van der Waals surface area contributed by atoms with Crippen molar-refractivity contribution < 1.29 is 9.72 Å². The first-order valence-electron chi connectivity index (χ1n) is 6.01. The van der Waals surface area contributed by atoms with E-state index in [9.17, 15) is 14.9 Å². The number of hydrogen-bond donors (Lipinski definition) is 0. The summed E-state index contributed by atoms with van der Waals surface area (Å²) in [7, 11) is 0. The first-order valence-corrected chi connectivity index (χ1v) is 6.01. The number of rotatable bonds is 3. The second-order valence-corrected chi connectivity index (χ2v) is 4.33. The van der Waals surface area contributed by atoms with Crippen molar-refractivity contribution in [3.8, 4) is 5.69 Å². The monoisotopic (exact) mass is 266 g/mol. The van der Waals surface area contributed by atoms with E-state index in [2.05, 4.69) is 0 Å². The van der Waals surface area contributed by atoms with Crippen LogP contribution in [0.25, 0.3) is 16.5 Å². The fraction of sp³-hybridized carbons (Fsp3) is 0. The Labute approximate surface area is 114 Å². The molecule has 3 rings (SSSR count). The molecule has 0 aliphatic carbocycles. The second kappa shape index (κ2) is 4.62. The normalized spacial score (nSPS) is 10.6. The molecule has 98 valence electrons. The Balaban J connectivity index is 2.42. The third kappa shape index (κ3) is 1.76. The van der Waals surface area contributed by atoms with Crippen molar-refractivity contribution in [2.24, 2.45) is 0 Å². The predicted molar refractivity (Wildman–Crippen MR) is 75.3 cm³/mol. The van der Waals surface area contributed by atoms with E-state index in [-0.39, 0.29) is 5.69 Å². The van der Waals surface area contributed by atoms with Gasteiger partial charge in [-0.15, -0.1) is 0 Å². The van der Waals surface area contributed by atoms with Crippen LogP contribution >= 0.6 is 0 Å². The van der Waals surface area contributed by atoms with Crippen LogP contribution in [-0.4, -0.2) is 15.8 Å². The molecule has 1 aromatic heterocycles. The van der Waals surface area contributed by atoms with Gasteiger partial charge in [0.05, 0.1) is 21.7 Å². The molecule has 1 heterocycles. The SMILES string of the molecule is O=Cc1cccn1-c1cccc2cccc([N+](=O)[O-])c12. The molecule has 0 bridgehead atoms. The fourth-order valence-corrected chi connectivity index (χ4v) is 2.36. The highest BCUT2D eigenvalue weighted by molar-refractivity contribution is 5.98. The van der Waals surface area contributed by atoms with E-state index in [4.69, 9.17) is 0 Å². The first-order chi connectivity index (χ1) is 9.72. The molecule has 2 aromatic carbocycles. The molecule has 0 atom stereocenters. The number of nitrogens with zero attached hydrogens (tertiary/aromatic N) is 2. The van der Waals surface area contributed by atoms with Gasteiger partial charge in [0.15, 0.2) is 6.29 Å². The average molecular weight is 266 g/mol. The van der Waals surface area contributed by atoms with E-state index in [1.165, 1.54) is 6.07 Å². The minimum atomic E-state index is -0.407. The van der Waals surface area contributed by atoms with Crippen molar-refractivity contribution in [2.75, 3.05) is 0 Å². The molecule has 3 aromatic rings. The number of aromatic nitrogens is 1. The van der Waals surface area contributed by atoms with Gasteiger partial charge in [-0.2, -0.15) is 0 Å². The summed E-state index contributed by atoms with van der Waals surface area (Å²) in [6, 6.07) is 13.7. The van der Waals surface area contributed by atoms with Gasteiger partial charge in [-0.05, 0) is 23.6 Å². The van der Waals surface area contributed by atoms with Crippen LogP contribution in [0.5, 0.6) is 0 Å². The third-order valence-electron chi connectivity index (χ3n) is 3.22. The lowest BCUT2D eigenvalue weighted by molar-refractivity contribution is -0.383.